The van der Waals surface area contributed by atoms with Crippen molar-refractivity contribution in [2.24, 2.45) is 44.8 Å². The molecule has 0 aromatic heterocycles. The van der Waals surface area contributed by atoms with E-state index in [9.17, 15) is 30.6 Å². The predicted molar refractivity (Wildman–Crippen MR) is 165 cm³/mol. The van der Waals surface area contributed by atoms with E-state index in [2.05, 4.69) is 40.7 Å². The lowest BCUT2D eigenvalue weighted by Gasteiger charge is -2.60. The number of ether oxygens (including phenoxy) is 4. The molecule has 260 valence electrons. The van der Waals surface area contributed by atoms with Crippen LogP contribution in [0.4, 0.5) is 0 Å². The first-order chi connectivity index (χ1) is 21.4. The third-order valence-electron chi connectivity index (χ3n) is 15.6. The second-order valence-corrected chi connectivity index (χ2v) is 18.3. The van der Waals surface area contributed by atoms with Gasteiger partial charge in [-0.25, -0.2) is 0 Å². The average molecular weight is 649 g/mol. The molecule has 0 aromatic carbocycles. The molecule has 17 atom stereocenters. The average Bonchev–Trinajstić information content (AvgIpc) is 3.50. The fourth-order valence-electron chi connectivity index (χ4n) is 13.4. The van der Waals surface area contributed by atoms with Crippen molar-refractivity contribution < 1.29 is 49.6 Å². The quantitative estimate of drug-likeness (QED) is 0.250. The molecule has 10 heteroatoms. The normalized spacial score (nSPS) is 59.9. The van der Waals surface area contributed by atoms with Gasteiger partial charge in [-0.05, 0) is 92.3 Å². The van der Waals surface area contributed by atoms with Crippen molar-refractivity contribution in [2.45, 2.75) is 160 Å². The molecule has 4 saturated carbocycles. The lowest BCUT2D eigenvalue weighted by molar-refractivity contribution is -0.325. The Balaban J connectivity index is 1.12. The minimum absolute atomic E-state index is 0.00777. The van der Waals surface area contributed by atoms with E-state index < -0.39 is 66.3 Å². The number of hydrogen-bond donors (Lipinski definition) is 6. The predicted octanol–water partition coefficient (Wildman–Crippen LogP) is 2.40. The Morgan fingerprint density at radius 2 is 1.70 bits per heavy atom. The van der Waals surface area contributed by atoms with Gasteiger partial charge in [-0.2, -0.15) is 0 Å². The van der Waals surface area contributed by atoms with Gasteiger partial charge in [0, 0.05) is 11.3 Å². The largest absolute Gasteiger partial charge is 0.394 e. The number of aliphatic hydroxyl groups is 6. The van der Waals surface area contributed by atoms with E-state index in [0.717, 1.165) is 44.9 Å². The van der Waals surface area contributed by atoms with E-state index in [1.807, 2.05) is 0 Å². The van der Waals surface area contributed by atoms with Gasteiger partial charge in [0.15, 0.2) is 12.1 Å². The van der Waals surface area contributed by atoms with Crippen molar-refractivity contribution in [3.63, 3.8) is 0 Å². The summed E-state index contributed by atoms with van der Waals surface area (Å²) in [7, 11) is 0. The minimum atomic E-state index is -1.47. The first kappa shape index (κ1) is 32.5. The molecule has 3 spiro atoms. The second-order valence-electron chi connectivity index (χ2n) is 18.3. The van der Waals surface area contributed by atoms with Crippen LogP contribution in [-0.2, 0) is 18.9 Å². The summed E-state index contributed by atoms with van der Waals surface area (Å²) >= 11 is 0. The van der Waals surface area contributed by atoms with Crippen LogP contribution in [0, 0.1) is 44.8 Å². The van der Waals surface area contributed by atoms with Crippen LogP contribution >= 0.6 is 0 Å². The van der Waals surface area contributed by atoms with Gasteiger partial charge in [-0.15, -0.1) is 0 Å². The maximum Gasteiger partial charge on any atom is 0.199 e. The SMILES string of the molecule is C[C@@H]1C[C@H]2O[C@]3(O[C@@H]2C(C)(C)O)[C@H]1[C@@]1(C)CC[C@@]24C[C@@]25CC[C@H](O[C@@H]2O[C@H](CO)[C@H](O)[C@H](O)[C@H]2O)C(C)(C)[C@@H]5CC=C4[C@]1(C)[C@H]3O. The van der Waals surface area contributed by atoms with Crippen LogP contribution in [0.25, 0.3) is 0 Å². The second kappa shape index (κ2) is 9.56. The number of aliphatic hydroxyl groups excluding tert-OH is 5. The fourth-order valence-corrected chi connectivity index (χ4v) is 13.4. The topological polar surface area (TPSA) is 158 Å². The molecule has 8 rings (SSSR count). The lowest BCUT2D eigenvalue weighted by Crippen LogP contribution is -2.61. The fraction of sp³-hybridized carbons (Fsp3) is 0.944. The van der Waals surface area contributed by atoms with Crippen molar-refractivity contribution >= 4 is 0 Å². The molecule has 0 unspecified atom stereocenters. The Kier molecular flexibility index (Phi) is 6.76. The summed E-state index contributed by atoms with van der Waals surface area (Å²) in [4.78, 5) is 0. The van der Waals surface area contributed by atoms with Gasteiger partial charge in [0.05, 0.1) is 24.4 Å². The van der Waals surface area contributed by atoms with Gasteiger partial charge in [-0.3, -0.25) is 0 Å². The molecule has 5 aliphatic carbocycles. The molecule has 0 aromatic rings. The molecule has 3 aliphatic heterocycles. The third kappa shape index (κ3) is 3.58. The highest BCUT2D eigenvalue weighted by atomic mass is 16.8. The van der Waals surface area contributed by atoms with Crippen molar-refractivity contribution in [1.29, 1.82) is 0 Å². The number of allylic oxidation sites excluding steroid dienone is 1. The van der Waals surface area contributed by atoms with E-state index in [-0.39, 0.29) is 45.7 Å². The highest BCUT2D eigenvalue weighted by molar-refractivity contribution is 5.48. The number of hydrogen-bond acceptors (Lipinski definition) is 10. The van der Waals surface area contributed by atoms with E-state index in [1.165, 1.54) is 5.57 Å². The Hall–Kier alpha value is -0.660. The van der Waals surface area contributed by atoms with E-state index >= 15 is 0 Å². The van der Waals surface area contributed by atoms with Crippen LogP contribution < -0.4 is 0 Å². The molecule has 46 heavy (non-hydrogen) atoms. The van der Waals surface area contributed by atoms with Crippen LogP contribution in [-0.4, -0.2) is 104 Å². The zero-order valence-electron chi connectivity index (χ0n) is 28.5. The van der Waals surface area contributed by atoms with Gasteiger partial charge in [0.2, 0.25) is 0 Å². The highest BCUT2D eigenvalue weighted by Gasteiger charge is 2.86. The number of fused-ring (bicyclic) bond motifs is 4. The van der Waals surface area contributed by atoms with Crippen LogP contribution in [0.2, 0.25) is 0 Å². The molecular formula is C36H56O10. The van der Waals surface area contributed by atoms with E-state index in [4.69, 9.17) is 18.9 Å². The summed E-state index contributed by atoms with van der Waals surface area (Å²) in [6, 6.07) is 0. The molecule has 7 fully saturated rings. The van der Waals surface area contributed by atoms with Gasteiger partial charge in [0.25, 0.3) is 0 Å². The van der Waals surface area contributed by atoms with Crippen molar-refractivity contribution in [3.05, 3.63) is 11.6 Å². The molecule has 10 nitrogen and oxygen atoms in total. The Labute approximate surface area is 272 Å². The third-order valence-corrected chi connectivity index (χ3v) is 15.6. The van der Waals surface area contributed by atoms with E-state index in [1.54, 1.807) is 13.8 Å². The van der Waals surface area contributed by atoms with Crippen molar-refractivity contribution in [2.75, 3.05) is 6.61 Å². The smallest absolute Gasteiger partial charge is 0.199 e. The molecule has 3 saturated heterocycles. The summed E-state index contributed by atoms with van der Waals surface area (Å²) < 4.78 is 25.8. The Bertz CT molecular complexity index is 1310. The van der Waals surface area contributed by atoms with E-state index in [0.29, 0.717) is 5.92 Å². The Morgan fingerprint density at radius 3 is 2.37 bits per heavy atom. The number of rotatable bonds is 4. The van der Waals surface area contributed by atoms with Crippen molar-refractivity contribution in [3.8, 4) is 0 Å². The van der Waals surface area contributed by atoms with Gasteiger partial charge >= 0.3 is 0 Å². The summed E-state index contributed by atoms with van der Waals surface area (Å²) in [5.41, 5.74) is -0.713. The summed E-state index contributed by atoms with van der Waals surface area (Å²) in [5, 5.41) is 64.8. The molecule has 0 radical (unpaired) electrons. The molecule has 8 aliphatic rings. The van der Waals surface area contributed by atoms with Crippen LogP contribution in [0.3, 0.4) is 0 Å². The molecule has 3 heterocycles. The lowest BCUT2D eigenvalue weighted by atomic mass is 9.44. The van der Waals surface area contributed by atoms with Gasteiger partial charge < -0.3 is 49.6 Å². The maximum atomic E-state index is 12.6. The first-order valence-corrected chi connectivity index (χ1v) is 17.8. The molecule has 0 amide bonds. The summed E-state index contributed by atoms with van der Waals surface area (Å²) in [6.07, 6.45) is 0.592. The highest BCUT2D eigenvalue weighted by Crippen LogP contribution is 2.89. The summed E-state index contributed by atoms with van der Waals surface area (Å²) in [5.74, 6) is -0.548. The van der Waals surface area contributed by atoms with Gasteiger partial charge in [-0.1, -0.05) is 46.3 Å². The maximum absolute atomic E-state index is 12.6. The summed E-state index contributed by atoms with van der Waals surface area (Å²) in [6.45, 7) is 14.5. The standard InChI is InChI=1S/C36H56O10/c1-17-14-18-27(31(4,5)42)46-36(45-18)26(17)32(6)12-13-35-16-34(35)11-10-22(44-28-25(40)24(39)23(38)19(15-37)43-28)30(2,3)20(34)8-9-21(35)33(32,7)29(36)41/h9,17-20,22-29,37-42H,8,10-16H2,1-7H3/t17-,18-,19-,20+,22+,23+,24+,25-,26-,27+,28+,29-,32-,33-,34-,35+,36+/m1/s1. The van der Waals surface area contributed by atoms with Crippen LogP contribution in [0.1, 0.15) is 93.4 Å². The molecular weight excluding hydrogens is 592 g/mol. The van der Waals surface area contributed by atoms with Gasteiger partial charge in [0.1, 0.15) is 36.6 Å². The zero-order chi connectivity index (χ0) is 33.2. The van der Waals surface area contributed by atoms with Crippen molar-refractivity contribution in [1.82, 2.24) is 0 Å². The molecule has 6 N–H and O–H groups in total. The van der Waals surface area contributed by atoms with Crippen LogP contribution in [0.15, 0.2) is 11.6 Å². The minimum Gasteiger partial charge on any atom is -0.394 e. The zero-order valence-corrected chi connectivity index (χ0v) is 28.5. The monoisotopic (exact) mass is 648 g/mol. The molecule has 2 bridgehead atoms. The Morgan fingerprint density at radius 1 is 0.978 bits per heavy atom. The van der Waals surface area contributed by atoms with Crippen LogP contribution in [0.5, 0.6) is 0 Å². The first-order valence-electron chi connectivity index (χ1n) is 17.8.